The van der Waals surface area contributed by atoms with Gasteiger partial charge in [-0.2, -0.15) is 0 Å². The molecule has 1 unspecified atom stereocenters. The third-order valence-corrected chi connectivity index (χ3v) is 6.64. The maximum Gasteiger partial charge on any atom is 0.319 e. The van der Waals surface area contributed by atoms with Crippen LogP contribution in [-0.2, 0) is 33.6 Å². The van der Waals surface area contributed by atoms with Crippen molar-refractivity contribution < 1.29 is 38.7 Å². The Hall–Kier alpha value is -1.22. The van der Waals surface area contributed by atoms with E-state index < -0.39 is 42.3 Å². The average molecular weight is 370 g/mol. The van der Waals surface area contributed by atoms with Gasteiger partial charge in [0.1, 0.15) is 6.42 Å². The van der Waals surface area contributed by atoms with E-state index in [0.29, 0.717) is 12.3 Å². The number of fused-ring (bicyclic) bond motifs is 2. The molecule has 0 aromatic carbocycles. The standard InChI is InChI=1S/C18H26O8/c1-9-4-5-12-10(2)15(22-14(21)8-13(19)20)23-16-18(12)11(9)6-7-17(3,24-16)25-26-18/h9-12,15-16H,4-8H2,1-3H3,(H,19,20)/t9-,10-,11+,12+,15-,16-,17+,18?/m1/s1. The fourth-order valence-corrected chi connectivity index (χ4v) is 5.30. The van der Waals surface area contributed by atoms with Crippen molar-refractivity contribution in [1.29, 1.82) is 0 Å². The third-order valence-electron chi connectivity index (χ3n) is 6.64. The topological polar surface area (TPSA) is 101 Å². The van der Waals surface area contributed by atoms with Crippen molar-refractivity contribution in [3.05, 3.63) is 0 Å². The van der Waals surface area contributed by atoms with Crippen molar-refractivity contribution in [2.45, 2.75) is 76.8 Å². The van der Waals surface area contributed by atoms with E-state index in [1.165, 1.54) is 0 Å². The van der Waals surface area contributed by atoms with Crippen LogP contribution in [0.25, 0.3) is 0 Å². The molecular weight excluding hydrogens is 344 g/mol. The number of carboxylic acids is 1. The van der Waals surface area contributed by atoms with Crippen molar-refractivity contribution in [3.63, 3.8) is 0 Å². The Morgan fingerprint density at radius 1 is 1.15 bits per heavy atom. The number of ether oxygens (including phenoxy) is 3. The molecule has 26 heavy (non-hydrogen) atoms. The molecule has 0 amide bonds. The average Bonchev–Trinajstić information content (AvgIpc) is 2.78. The zero-order valence-electron chi connectivity index (χ0n) is 15.3. The first kappa shape index (κ1) is 18.2. The summed E-state index contributed by atoms with van der Waals surface area (Å²) < 4.78 is 17.5. The van der Waals surface area contributed by atoms with Gasteiger partial charge in [0.2, 0.25) is 12.1 Å². The molecule has 8 nitrogen and oxygen atoms in total. The van der Waals surface area contributed by atoms with E-state index in [4.69, 9.17) is 29.1 Å². The lowest BCUT2D eigenvalue weighted by Crippen LogP contribution is -2.70. The SMILES string of the molecule is C[C@H]1[C@H](OC(=O)CC(=O)O)O[C@@H]2O[C@]3(C)CC[C@H]4[C@H](C)CC[C@@H]1C24OO3. The molecule has 1 saturated carbocycles. The quantitative estimate of drug-likeness (QED) is 0.458. The third kappa shape index (κ3) is 2.66. The van der Waals surface area contributed by atoms with Crippen molar-refractivity contribution >= 4 is 11.9 Å². The summed E-state index contributed by atoms with van der Waals surface area (Å²) in [5.74, 6) is -2.38. The van der Waals surface area contributed by atoms with E-state index in [1.807, 2.05) is 13.8 Å². The number of rotatable bonds is 3. The largest absolute Gasteiger partial charge is 0.481 e. The van der Waals surface area contributed by atoms with Crippen molar-refractivity contribution in [3.8, 4) is 0 Å². The molecule has 1 aliphatic carbocycles. The van der Waals surface area contributed by atoms with Gasteiger partial charge in [-0.05, 0) is 38.0 Å². The molecule has 5 aliphatic rings. The summed E-state index contributed by atoms with van der Waals surface area (Å²) in [5, 5.41) is 8.79. The molecule has 4 heterocycles. The lowest BCUT2D eigenvalue weighted by Gasteiger charge is -2.59. The first-order valence-corrected chi connectivity index (χ1v) is 9.36. The number of hydrogen-bond donors (Lipinski definition) is 1. The van der Waals surface area contributed by atoms with Crippen LogP contribution < -0.4 is 0 Å². The monoisotopic (exact) mass is 370 g/mol. The van der Waals surface area contributed by atoms with Gasteiger partial charge in [0, 0.05) is 18.3 Å². The Balaban J connectivity index is 1.64. The second kappa shape index (κ2) is 6.15. The highest BCUT2D eigenvalue weighted by Gasteiger charge is 2.69. The van der Waals surface area contributed by atoms with Gasteiger partial charge in [0.15, 0.2) is 11.9 Å². The van der Waals surface area contributed by atoms with Crippen LogP contribution in [0.3, 0.4) is 0 Å². The van der Waals surface area contributed by atoms with Crippen LogP contribution in [0.15, 0.2) is 0 Å². The number of carboxylic acid groups (broad SMARTS) is 1. The van der Waals surface area contributed by atoms with Crippen LogP contribution in [0, 0.1) is 23.7 Å². The molecule has 0 radical (unpaired) electrons. The first-order valence-electron chi connectivity index (χ1n) is 9.36. The predicted octanol–water partition coefficient (Wildman–Crippen LogP) is 2.21. The maximum absolute atomic E-state index is 11.9. The lowest BCUT2D eigenvalue weighted by atomic mass is 9.58. The molecule has 4 aliphatic heterocycles. The summed E-state index contributed by atoms with van der Waals surface area (Å²) in [5.41, 5.74) is -0.719. The lowest BCUT2D eigenvalue weighted by molar-refractivity contribution is -0.576. The highest BCUT2D eigenvalue weighted by molar-refractivity contribution is 5.90. The first-order chi connectivity index (χ1) is 12.2. The second-order valence-electron chi connectivity index (χ2n) is 8.33. The van der Waals surface area contributed by atoms with Gasteiger partial charge >= 0.3 is 11.9 Å². The Morgan fingerprint density at radius 3 is 2.65 bits per heavy atom. The smallest absolute Gasteiger partial charge is 0.319 e. The second-order valence-corrected chi connectivity index (χ2v) is 8.33. The molecule has 2 bridgehead atoms. The van der Waals surface area contributed by atoms with E-state index in [2.05, 4.69) is 6.92 Å². The highest BCUT2D eigenvalue weighted by atomic mass is 17.3. The summed E-state index contributed by atoms with van der Waals surface area (Å²) in [7, 11) is 0. The summed E-state index contributed by atoms with van der Waals surface area (Å²) in [4.78, 5) is 34.3. The zero-order chi connectivity index (χ0) is 18.7. The van der Waals surface area contributed by atoms with Crippen LogP contribution in [0.1, 0.15) is 52.9 Å². The van der Waals surface area contributed by atoms with Gasteiger partial charge in [-0.15, -0.1) is 0 Å². The molecule has 8 atom stereocenters. The van der Waals surface area contributed by atoms with Crippen LogP contribution in [-0.4, -0.2) is 41.0 Å². The van der Waals surface area contributed by atoms with E-state index in [1.54, 1.807) is 0 Å². The van der Waals surface area contributed by atoms with Crippen LogP contribution >= 0.6 is 0 Å². The molecule has 146 valence electrons. The predicted molar refractivity (Wildman–Crippen MR) is 85.2 cm³/mol. The van der Waals surface area contributed by atoms with Crippen molar-refractivity contribution in [1.82, 2.24) is 0 Å². The summed E-state index contributed by atoms with van der Waals surface area (Å²) in [6.07, 6.45) is 1.30. The van der Waals surface area contributed by atoms with Gasteiger partial charge in [-0.25, -0.2) is 9.78 Å². The fourth-order valence-electron chi connectivity index (χ4n) is 5.30. The number of carbonyl (C=O) groups is 2. The fraction of sp³-hybridized carbons (Fsp3) is 0.889. The minimum Gasteiger partial charge on any atom is -0.481 e. The molecule has 0 aromatic rings. The number of esters is 1. The maximum atomic E-state index is 11.9. The van der Waals surface area contributed by atoms with Gasteiger partial charge < -0.3 is 19.3 Å². The molecule has 4 saturated heterocycles. The molecule has 1 spiro atoms. The zero-order valence-corrected chi connectivity index (χ0v) is 15.3. The summed E-state index contributed by atoms with van der Waals surface area (Å²) in [6.45, 7) is 5.99. The van der Waals surface area contributed by atoms with Crippen molar-refractivity contribution in [2.24, 2.45) is 23.7 Å². The number of carbonyl (C=O) groups excluding carboxylic acids is 1. The Kier molecular flexibility index (Phi) is 4.30. The number of aliphatic carboxylic acids is 1. The van der Waals surface area contributed by atoms with E-state index in [-0.39, 0.29) is 17.8 Å². The van der Waals surface area contributed by atoms with Crippen molar-refractivity contribution in [2.75, 3.05) is 0 Å². The molecule has 0 aromatic heterocycles. The molecule has 8 heteroatoms. The van der Waals surface area contributed by atoms with Gasteiger partial charge in [0.05, 0.1) is 0 Å². The van der Waals surface area contributed by atoms with Gasteiger partial charge in [-0.3, -0.25) is 9.59 Å². The van der Waals surface area contributed by atoms with Crippen LogP contribution in [0.4, 0.5) is 0 Å². The number of hydrogen-bond acceptors (Lipinski definition) is 7. The van der Waals surface area contributed by atoms with E-state index in [0.717, 1.165) is 19.3 Å². The van der Waals surface area contributed by atoms with Gasteiger partial charge in [-0.1, -0.05) is 13.8 Å². The van der Waals surface area contributed by atoms with E-state index in [9.17, 15) is 9.59 Å². The minimum absolute atomic E-state index is 0.0349. The Bertz CT molecular complexity index is 608. The van der Waals surface area contributed by atoms with E-state index >= 15 is 0 Å². The summed E-state index contributed by atoms with van der Waals surface area (Å²) in [6, 6.07) is 0. The Morgan fingerprint density at radius 2 is 1.92 bits per heavy atom. The normalized spacial score (nSPS) is 49.8. The molecule has 1 N–H and O–H groups in total. The highest BCUT2D eigenvalue weighted by Crippen LogP contribution is 2.60. The van der Waals surface area contributed by atoms with Crippen LogP contribution in [0.2, 0.25) is 0 Å². The molecule has 5 rings (SSSR count). The van der Waals surface area contributed by atoms with Crippen LogP contribution in [0.5, 0.6) is 0 Å². The molecular formula is C18H26O8. The molecule has 5 fully saturated rings. The Labute approximate surface area is 152 Å². The summed E-state index contributed by atoms with van der Waals surface area (Å²) >= 11 is 0. The minimum atomic E-state index is -1.23. The van der Waals surface area contributed by atoms with Gasteiger partial charge in [0.25, 0.3) is 0 Å².